The Kier molecular flexibility index (Phi) is 3.16. The summed E-state index contributed by atoms with van der Waals surface area (Å²) in [5.41, 5.74) is -0.131. The quantitative estimate of drug-likeness (QED) is 0.909. The van der Waals surface area contributed by atoms with Gasteiger partial charge in [0.1, 0.15) is 5.82 Å². The van der Waals surface area contributed by atoms with Crippen molar-refractivity contribution < 1.29 is 12.8 Å². The van der Waals surface area contributed by atoms with E-state index >= 15 is 0 Å². The third-order valence-electron chi connectivity index (χ3n) is 1.94. The molecule has 0 saturated heterocycles. The van der Waals surface area contributed by atoms with E-state index in [2.05, 4.69) is 30.8 Å². The van der Waals surface area contributed by atoms with E-state index in [0.717, 1.165) is 6.07 Å². The van der Waals surface area contributed by atoms with Gasteiger partial charge < -0.3 is 0 Å². The maximum atomic E-state index is 13.4. The zero-order valence-corrected chi connectivity index (χ0v) is 10.7. The molecule has 8 heteroatoms. The van der Waals surface area contributed by atoms with Gasteiger partial charge >= 0.3 is 0 Å². The average molecular weight is 320 g/mol. The zero-order chi connectivity index (χ0) is 12.5. The van der Waals surface area contributed by atoms with Gasteiger partial charge in [-0.05, 0) is 24.3 Å². The highest BCUT2D eigenvalue weighted by molar-refractivity contribution is 9.10. The number of aromatic amines is 1. The van der Waals surface area contributed by atoms with Crippen molar-refractivity contribution in [3.8, 4) is 0 Å². The number of anilines is 1. The molecule has 2 N–H and O–H groups in total. The van der Waals surface area contributed by atoms with Crippen LogP contribution in [-0.2, 0) is 10.0 Å². The number of H-pyrrole nitrogens is 1. The van der Waals surface area contributed by atoms with Gasteiger partial charge in [0.2, 0.25) is 0 Å². The molecule has 0 unspecified atom stereocenters. The summed E-state index contributed by atoms with van der Waals surface area (Å²) in [5.74, 6) is -0.656. The van der Waals surface area contributed by atoms with Crippen LogP contribution >= 0.6 is 15.9 Å². The largest absolute Gasteiger partial charge is 0.278 e. The molecule has 5 nitrogen and oxygen atoms in total. The summed E-state index contributed by atoms with van der Waals surface area (Å²) < 4.78 is 39.6. The molecule has 1 aromatic carbocycles. The fourth-order valence-electron chi connectivity index (χ4n) is 1.17. The van der Waals surface area contributed by atoms with E-state index < -0.39 is 15.8 Å². The van der Waals surface area contributed by atoms with Crippen LogP contribution in [0.15, 0.2) is 40.0 Å². The third kappa shape index (κ3) is 2.64. The van der Waals surface area contributed by atoms with E-state index in [4.69, 9.17) is 0 Å². The number of nitrogens with zero attached hydrogens (tertiary/aromatic N) is 1. The third-order valence-corrected chi connectivity index (χ3v) is 3.73. The second kappa shape index (κ2) is 4.46. The van der Waals surface area contributed by atoms with Crippen molar-refractivity contribution in [3.63, 3.8) is 0 Å². The SMILES string of the molecule is O=S(=O)(Nc1cc(Br)ccc1F)c1ccn[nH]1. The predicted octanol–water partition coefficient (Wildman–Crippen LogP) is 2.11. The van der Waals surface area contributed by atoms with Crippen molar-refractivity contribution in [2.75, 3.05) is 4.72 Å². The lowest BCUT2D eigenvalue weighted by atomic mass is 10.3. The highest BCUT2D eigenvalue weighted by atomic mass is 79.9. The first-order valence-corrected chi connectivity index (χ1v) is 6.74. The van der Waals surface area contributed by atoms with Gasteiger partial charge in [0.05, 0.1) is 11.9 Å². The molecular formula is C9H7BrFN3O2S. The van der Waals surface area contributed by atoms with Gasteiger partial charge in [-0.3, -0.25) is 9.82 Å². The van der Waals surface area contributed by atoms with Crippen LogP contribution in [0.5, 0.6) is 0 Å². The van der Waals surface area contributed by atoms with Gasteiger partial charge in [-0.25, -0.2) is 4.39 Å². The van der Waals surface area contributed by atoms with E-state index in [-0.39, 0.29) is 10.7 Å². The molecule has 90 valence electrons. The van der Waals surface area contributed by atoms with Crippen molar-refractivity contribution in [2.24, 2.45) is 0 Å². The minimum atomic E-state index is -3.84. The molecule has 0 radical (unpaired) electrons. The van der Waals surface area contributed by atoms with Crippen LogP contribution in [0.2, 0.25) is 0 Å². The fourth-order valence-corrected chi connectivity index (χ4v) is 2.50. The van der Waals surface area contributed by atoms with Crippen LogP contribution in [0.4, 0.5) is 10.1 Å². The second-order valence-electron chi connectivity index (χ2n) is 3.15. The minimum Gasteiger partial charge on any atom is -0.275 e. The Hall–Kier alpha value is -1.41. The van der Waals surface area contributed by atoms with Gasteiger partial charge in [-0.2, -0.15) is 13.5 Å². The number of hydrogen-bond donors (Lipinski definition) is 2. The van der Waals surface area contributed by atoms with Crippen molar-refractivity contribution in [1.82, 2.24) is 10.2 Å². The standard InChI is InChI=1S/C9H7BrFN3O2S/c10-6-1-2-7(11)8(5-6)14-17(15,16)9-3-4-12-13-9/h1-5,14H,(H,12,13). The summed E-state index contributed by atoms with van der Waals surface area (Å²) in [6.45, 7) is 0. The summed E-state index contributed by atoms with van der Waals surface area (Å²) in [7, 11) is -3.84. The Labute approximate surface area is 105 Å². The van der Waals surface area contributed by atoms with E-state index in [9.17, 15) is 12.8 Å². The maximum Gasteiger partial charge on any atom is 0.278 e. The van der Waals surface area contributed by atoms with E-state index in [1.165, 1.54) is 24.4 Å². The normalized spacial score (nSPS) is 11.4. The lowest BCUT2D eigenvalue weighted by Crippen LogP contribution is -2.14. The maximum absolute atomic E-state index is 13.4. The predicted molar refractivity (Wildman–Crippen MR) is 63.5 cm³/mol. The highest BCUT2D eigenvalue weighted by Crippen LogP contribution is 2.22. The molecule has 0 bridgehead atoms. The number of nitrogens with one attached hydrogen (secondary N) is 2. The molecule has 0 spiro atoms. The molecule has 0 aliphatic heterocycles. The Morgan fingerprint density at radius 1 is 1.35 bits per heavy atom. The van der Waals surface area contributed by atoms with Crippen LogP contribution < -0.4 is 4.72 Å². The molecule has 0 amide bonds. The van der Waals surface area contributed by atoms with Gasteiger partial charge in [0.15, 0.2) is 5.03 Å². The molecule has 1 aromatic heterocycles. The van der Waals surface area contributed by atoms with Gasteiger partial charge in [-0.1, -0.05) is 15.9 Å². The first-order valence-electron chi connectivity index (χ1n) is 4.46. The number of halogens is 2. The van der Waals surface area contributed by atoms with Gasteiger partial charge in [0.25, 0.3) is 10.0 Å². The van der Waals surface area contributed by atoms with Crippen molar-refractivity contribution in [1.29, 1.82) is 0 Å². The monoisotopic (exact) mass is 319 g/mol. The number of hydrogen-bond acceptors (Lipinski definition) is 3. The summed E-state index contributed by atoms with van der Waals surface area (Å²) in [6.07, 6.45) is 1.30. The molecule has 0 saturated carbocycles. The Morgan fingerprint density at radius 2 is 2.12 bits per heavy atom. The molecule has 1 heterocycles. The van der Waals surface area contributed by atoms with Gasteiger partial charge in [-0.15, -0.1) is 0 Å². The van der Waals surface area contributed by atoms with Crippen molar-refractivity contribution in [3.05, 3.63) is 40.8 Å². The van der Waals surface area contributed by atoms with Crippen molar-refractivity contribution >= 4 is 31.6 Å². The molecule has 0 aliphatic rings. The van der Waals surface area contributed by atoms with E-state index in [1.807, 2.05) is 0 Å². The van der Waals surface area contributed by atoms with Crippen molar-refractivity contribution in [2.45, 2.75) is 5.03 Å². The Balaban J connectivity index is 2.36. The zero-order valence-electron chi connectivity index (χ0n) is 8.31. The van der Waals surface area contributed by atoms with Gasteiger partial charge in [0, 0.05) is 4.47 Å². The highest BCUT2D eigenvalue weighted by Gasteiger charge is 2.17. The van der Waals surface area contributed by atoms with Crippen LogP contribution in [0.25, 0.3) is 0 Å². The molecule has 0 atom stereocenters. The Bertz CT molecular complexity index is 628. The molecule has 17 heavy (non-hydrogen) atoms. The Morgan fingerprint density at radius 3 is 2.76 bits per heavy atom. The molecule has 0 aliphatic carbocycles. The molecular weight excluding hydrogens is 313 g/mol. The average Bonchev–Trinajstić information content (AvgIpc) is 2.77. The molecule has 2 aromatic rings. The van der Waals surface area contributed by atoms with E-state index in [1.54, 1.807) is 0 Å². The van der Waals surface area contributed by atoms with Crippen LogP contribution in [-0.4, -0.2) is 18.6 Å². The minimum absolute atomic E-state index is 0.128. The summed E-state index contributed by atoms with van der Waals surface area (Å²) in [6, 6.07) is 5.25. The molecule has 0 fully saturated rings. The number of aromatic nitrogens is 2. The summed E-state index contributed by atoms with van der Waals surface area (Å²) >= 11 is 3.13. The number of rotatable bonds is 3. The summed E-state index contributed by atoms with van der Waals surface area (Å²) in [5, 5.41) is 5.69. The summed E-state index contributed by atoms with van der Waals surface area (Å²) in [4.78, 5) is 0. The topological polar surface area (TPSA) is 74.8 Å². The first-order chi connectivity index (χ1) is 7.99. The van der Waals surface area contributed by atoms with Crippen LogP contribution in [0.1, 0.15) is 0 Å². The smallest absolute Gasteiger partial charge is 0.275 e. The lowest BCUT2D eigenvalue weighted by Gasteiger charge is -2.07. The van der Waals surface area contributed by atoms with Crippen LogP contribution in [0.3, 0.4) is 0 Å². The number of benzene rings is 1. The van der Waals surface area contributed by atoms with E-state index in [0.29, 0.717) is 4.47 Å². The first kappa shape index (κ1) is 12.1. The second-order valence-corrected chi connectivity index (χ2v) is 5.72. The molecule has 2 rings (SSSR count). The lowest BCUT2D eigenvalue weighted by molar-refractivity contribution is 0.594. The fraction of sp³-hybridized carbons (Fsp3) is 0. The van der Waals surface area contributed by atoms with Crippen LogP contribution in [0, 0.1) is 5.82 Å². The number of sulfonamides is 1.